The molecular formula is C38H28N2. The van der Waals surface area contributed by atoms with Crippen molar-refractivity contribution in [3.8, 4) is 44.6 Å². The minimum Gasteiger partial charge on any atom is -0.264 e. The summed E-state index contributed by atoms with van der Waals surface area (Å²) >= 11 is 0. The van der Waals surface area contributed by atoms with Gasteiger partial charge in [0.05, 0.1) is 5.69 Å². The highest BCUT2D eigenvalue weighted by atomic mass is 14.7. The minimum absolute atomic E-state index is 1.03. The lowest BCUT2D eigenvalue weighted by molar-refractivity contribution is 1.27. The highest BCUT2D eigenvalue weighted by Crippen LogP contribution is 2.44. The monoisotopic (exact) mass is 512 g/mol. The van der Waals surface area contributed by atoms with Crippen molar-refractivity contribution in [2.75, 3.05) is 0 Å². The van der Waals surface area contributed by atoms with Crippen molar-refractivity contribution in [3.05, 3.63) is 145 Å². The quantitative estimate of drug-likeness (QED) is 0.219. The van der Waals surface area contributed by atoms with Crippen molar-refractivity contribution in [1.82, 2.24) is 9.97 Å². The Kier molecular flexibility index (Phi) is 5.94. The van der Waals surface area contributed by atoms with Gasteiger partial charge in [-0.1, -0.05) is 97.1 Å². The van der Waals surface area contributed by atoms with Gasteiger partial charge in [-0.25, -0.2) is 0 Å². The maximum atomic E-state index is 4.69. The summed E-state index contributed by atoms with van der Waals surface area (Å²) in [5, 5.41) is 5.01. The molecule has 0 N–H and O–H groups in total. The van der Waals surface area contributed by atoms with E-state index in [0.29, 0.717) is 0 Å². The second-order valence-electron chi connectivity index (χ2n) is 10.4. The first-order chi connectivity index (χ1) is 19.7. The van der Waals surface area contributed by atoms with E-state index in [9.17, 15) is 0 Å². The van der Waals surface area contributed by atoms with E-state index in [0.717, 1.165) is 11.3 Å². The van der Waals surface area contributed by atoms with E-state index in [1.165, 1.54) is 66.1 Å². The summed E-state index contributed by atoms with van der Waals surface area (Å²) in [6.45, 7) is 4.23. The molecule has 7 rings (SSSR count). The van der Waals surface area contributed by atoms with E-state index in [-0.39, 0.29) is 0 Å². The summed E-state index contributed by atoms with van der Waals surface area (Å²) < 4.78 is 0. The third kappa shape index (κ3) is 4.06. The summed E-state index contributed by atoms with van der Waals surface area (Å²) in [5.74, 6) is 0. The van der Waals surface area contributed by atoms with Gasteiger partial charge < -0.3 is 0 Å². The molecule has 2 heteroatoms. The summed E-state index contributed by atoms with van der Waals surface area (Å²) in [5.41, 5.74) is 11.9. The topological polar surface area (TPSA) is 25.8 Å². The molecule has 0 saturated carbocycles. The van der Waals surface area contributed by atoms with Crippen molar-refractivity contribution in [1.29, 1.82) is 0 Å². The van der Waals surface area contributed by atoms with Crippen LogP contribution in [0.25, 0.3) is 66.2 Å². The van der Waals surface area contributed by atoms with Crippen LogP contribution in [-0.4, -0.2) is 9.97 Å². The molecule has 2 heterocycles. The lowest BCUT2D eigenvalue weighted by Gasteiger charge is -2.18. The third-order valence-corrected chi connectivity index (χ3v) is 7.87. The molecule has 2 aromatic heterocycles. The number of benzene rings is 5. The molecule has 0 aliphatic heterocycles. The fraction of sp³-hybridized carbons (Fsp3) is 0.0526. The standard InChI is InChI=1S/C38H28N2/c1-25-9-8-21-40-38(25)30-11-7-10-29(23-30)37-34-14-5-3-12-32(34)36(33-13-4-6-15-35(33)37)28-18-16-27(17-19-28)31-20-22-39-24-26(31)2/h3-24H,1-2H3. The zero-order chi connectivity index (χ0) is 27.1. The SMILES string of the molecule is Cc1cnccc1-c1ccc(-c2c3ccccc3c(-c3cccc(-c4ncccc4C)c3)c3ccccc23)cc1. The summed E-state index contributed by atoms with van der Waals surface area (Å²) in [6.07, 6.45) is 5.66. The summed E-state index contributed by atoms with van der Waals surface area (Å²) in [6, 6.07) is 41.6. The lowest BCUT2D eigenvalue weighted by Crippen LogP contribution is -1.92. The van der Waals surface area contributed by atoms with Gasteiger partial charge in [-0.15, -0.1) is 0 Å². The fourth-order valence-corrected chi connectivity index (χ4v) is 5.97. The van der Waals surface area contributed by atoms with Crippen molar-refractivity contribution < 1.29 is 0 Å². The number of aromatic nitrogens is 2. The zero-order valence-electron chi connectivity index (χ0n) is 22.6. The van der Waals surface area contributed by atoms with Gasteiger partial charge in [-0.2, -0.15) is 0 Å². The molecule has 0 bridgehead atoms. The van der Waals surface area contributed by atoms with Crippen LogP contribution in [0.5, 0.6) is 0 Å². The number of fused-ring (bicyclic) bond motifs is 2. The molecule has 0 aliphatic carbocycles. The van der Waals surface area contributed by atoms with Gasteiger partial charge >= 0.3 is 0 Å². The number of hydrogen-bond acceptors (Lipinski definition) is 2. The van der Waals surface area contributed by atoms with Crippen LogP contribution in [0, 0.1) is 13.8 Å². The first-order valence-electron chi connectivity index (χ1n) is 13.7. The molecule has 190 valence electrons. The van der Waals surface area contributed by atoms with Gasteiger partial charge in [0.25, 0.3) is 0 Å². The first-order valence-corrected chi connectivity index (χ1v) is 13.7. The van der Waals surface area contributed by atoms with E-state index >= 15 is 0 Å². The Balaban J connectivity index is 1.46. The van der Waals surface area contributed by atoms with Gasteiger partial charge in [0.2, 0.25) is 0 Å². The highest BCUT2D eigenvalue weighted by molar-refractivity contribution is 6.21. The molecule has 0 fully saturated rings. The Hall–Kier alpha value is -5.08. The maximum absolute atomic E-state index is 4.69. The number of nitrogens with zero attached hydrogens (tertiary/aromatic N) is 2. The molecule has 0 atom stereocenters. The molecule has 0 aliphatic rings. The van der Waals surface area contributed by atoms with Gasteiger partial charge in [-0.3, -0.25) is 9.97 Å². The Morgan fingerprint density at radius 1 is 0.450 bits per heavy atom. The molecule has 2 nitrogen and oxygen atoms in total. The molecule has 0 spiro atoms. The number of rotatable bonds is 4. The van der Waals surface area contributed by atoms with Crippen molar-refractivity contribution in [3.63, 3.8) is 0 Å². The van der Waals surface area contributed by atoms with Crippen LogP contribution in [0.2, 0.25) is 0 Å². The largest absolute Gasteiger partial charge is 0.264 e. The number of aryl methyl sites for hydroxylation is 2. The molecule has 0 unspecified atom stereocenters. The number of hydrogen-bond donors (Lipinski definition) is 0. The van der Waals surface area contributed by atoms with Gasteiger partial charge in [0.1, 0.15) is 0 Å². The molecule has 7 aromatic rings. The van der Waals surface area contributed by atoms with Crippen molar-refractivity contribution >= 4 is 21.5 Å². The highest BCUT2D eigenvalue weighted by Gasteiger charge is 2.17. The van der Waals surface area contributed by atoms with Crippen LogP contribution >= 0.6 is 0 Å². The molecule has 0 amide bonds. The predicted molar refractivity (Wildman–Crippen MR) is 168 cm³/mol. The van der Waals surface area contributed by atoms with Gasteiger partial charge in [-0.05, 0) is 98.1 Å². The molecule has 0 radical (unpaired) electrons. The van der Waals surface area contributed by atoms with Gasteiger partial charge in [0, 0.05) is 24.2 Å². The second kappa shape index (κ2) is 9.91. The van der Waals surface area contributed by atoms with Crippen molar-refractivity contribution in [2.45, 2.75) is 13.8 Å². The van der Waals surface area contributed by atoms with Crippen LogP contribution in [0.3, 0.4) is 0 Å². The van der Waals surface area contributed by atoms with E-state index in [2.05, 4.69) is 128 Å². The number of pyridine rings is 2. The van der Waals surface area contributed by atoms with Crippen molar-refractivity contribution in [2.24, 2.45) is 0 Å². The average molecular weight is 513 g/mol. The first kappa shape index (κ1) is 24.0. The lowest BCUT2D eigenvalue weighted by atomic mass is 9.85. The van der Waals surface area contributed by atoms with Crippen LogP contribution in [-0.2, 0) is 0 Å². The van der Waals surface area contributed by atoms with Crippen LogP contribution in [0.15, 0.2) is 134 Å². The van der Waals surface area contributed by atoms with Crippen LogP contribution in [0.1, 0.15) is 11.1 Å². The molecular weight excluding hydrogens is 484 g/mol. The Morgan fingerprint density at radius 2 is 1.05 bits per heavy atom. The Morgan fingerprint density at radius 3 is 1.68 bits per heavy atom. The van der Waals surface area contributed by atoms with E-state index in [4.69, 9.17) is 4.98 Å². The summed E-state index contributed by atoms with van der Waals surface area (Å²) in [7, 11) is 0. The van der Waals surface area contributed by atoms with Gasteiger partial charge in [0.15, 0.2) is 0 Å². The fourth-order valence-electron chi connectivity index (χ4n) is 5.97. The average Bonchev–Trinajstić information content (AvgIpc) is 3.00. The molecule has 40 heavy (non-hydrogen) atoms. The second-order valence-corrected chi connectivity index (χ2v) is 10.4. The third-order valence-electron chi connectivity index (χ3n) is 7.87. The zero-order valence-corrected chi connectivity index (χ0v) is 22.6. The van der Waals surface area contributed by atoms with E-state index in [1.54, 1.807) is 0 Å². The van der Waals surface area contributed by atoms with Crippen LogP contribution < -0.4 is 0 Å². The predicted octanol–water partition coefficient (Wildman–Crippen LogP) is 10.1. The molecule has 5 aromatic carbocycles. The smallest absolute Gasteiger partial charge is 0.0731 e. The minimum atomic E-state index is 1.03. The maximum Gasteiger partial charge on any atom is 0.0731 e. The van der Waals surface area contributed by atoms with E-state index < -0.39 is 0 Å². The van der Waals surface area contributed by atoms with E-state index in [1.807, 2.05) is 24.7 Å². The molecule has 0 saturated heterocycles. The Labute approximate surface area is 234 Å². The normalized spacial score (nSPS) is 11.2. The Bertz CT molecular complexity index is 1960. The van der Waals surface area contributed by atoms with Crippen LogP contribution in [0.4, 0.5) is 0 Å². The summed E-state index contributed by atoms with van der Waals surface area (Å²) in [4.78, 5) is 8.95.